The Morgan fingerprint density at radius 2 is 2.12 bits per heavy atom. The van der Waals surface area contributed by atoms with Crippen LogP contribution in [0.1, 0.15) is 0 Å². The zero-order valence-electron chi connectivity index (χ0n) is 9.25. The Hall–Kier alpha value is -0.640. The van der Waals surface area contributed by atoms with Crippen LogP contribution in [0.25, 0.3) is 0 Å². The lowest BCUT2D eigenvalue weighted by atomic mass is 10.3. The maximum Gasteiger partial charge on any atom is 0.237 e. The van der Waals surface area contributed by atoms with Crippen molar-refractivity contribution in [1.82, 2.24) is 4.90 Å². The number of likely N-dealkylation sites (N-methyl/N-ethyl adjacent to an activating group) is 1. The summed E-state index contributed by atoms with van der Waals surface area (Å²) in [7, 11) is 1.66. The van der Waals surface area contributed by atoms with Crippen molar-refractivity contribution in [1.29, 1.82) is 0 Å². The minimum Gasteiger partial charge on any atom is -0.490 e. The summed E-state index contributed by atoms with van der Waals surface area (Å²) in [6.07, 6.45) is 0. The highest BCUT2D eigenvalue weighted by atomic mass is 35.5. The summed E-state index contributed by atoms with van der Waals surface area (Å²) in [5.41, 5.74) is 0. The van der Waals surface area contributed by atoms with Crippen molar-refractivity contribution in [3.63, 3.8) is 0 Å². The molecule has 0 heterocycles. The number of carbonyl (C=O) groups is 1. The molecule has 1 amide bonds. The van der Waals surface area contributed by atoms with Gasteiger partial charge in [0.1, 0.15) is 18.2 Å². The fourth-order valence-corrected chi connectivity index (χ4v) is 1.78. The van der Waals surface area contributed by atoms with E-state index in [1.807, 2.05) is 0 Å². The summed E-state index contributed by atoms with van der Waals surface area (Å²) < 4.78 is 5.43. The highest BCUT2D eigenvalue weighted by Crippen LogP contribution is 2.27. The number of hydrogen-bond donors (Lipinski definition) is 0. The van der Waals surface area contributed by atoms with E-state index in [0.29, 0.717) is 28.9 Å². The second kappa shape index (κ2) is 6.94. The first-order valence-electron chi connectivity index (χ1n) is 4.92. The summed E-state index contributed by atoms with van der Waals surface area (Å²) in [5, 5.41) is 1.00. The molecule has 0 aromatic heterocycles. The van der Waals surface area contributed by atoms with Crippen LogP contribution in [-0.2, 0) is 4.79 Å². The normalized spacial score (nSPS) is 10.1. The monoisotopic (exact) mass is 295 g/mol. The second-order valence-corrected chi connectivity index (χ2v) is 4.48. The molecule has 1 aromatic carbocycles. The lowest BCUT2D eigenvalue weighted by Crippen LogP contribution is -2.31. The molecule has 3 nitrogen and oxygen atoms in total. The molecule has 1 rings (SSSR count). The van der Waals surface area contributed by atoms with E-state index in [9.17, 15) is 4.79 Å². The van der Waals surface area contributed by atoms with E-state index in [1.54, 1.807) is 25.2 Å². The summed E-state index contributed by atoms with van der Waals surface area (Å²) >= 11 is 17.1. The Morgan fingerprint density at radius 1 is 1.41 bits per heavy atom. The van der Waals surface area contributed by atoms with Gasteiger partial charge in [0, 0.05) is 12.1 Å². The van der Waals surface area contributed by atoms with Crippen molar-refractivity contribution >= 4 is 40.7 Å². The van der Waals surface area contributed by atoms with Crippen molar-refractivity contribution in [2.24, 2.45) is 0 Å². The highest BCUT2D eigenvalue weighted by Gasteiger charge is 2.07. The minimum absolute atomic E-state index is 0.0296. The lowest BCUT2D eigenvalue weighted by Gasteiger charge is -2.16. The van der Waals surface area contributed by atoms with Gasteiger partial charge in [-0.05, 0) is 18.2 Å². The molecule has 0 aliphatic rings. The third kappa shape index (κ3) is 4.62. The van der Waals surface area contributed by atoms with Gasteiger partial charge in [-0.25, -0.2) is 0 Å². The Balaban J connectivity index is 2.43. The molecule has 17 heavy (non-hydrogen) atoms. The average Bonchev–Trinajstić information content (AvgIpc) is 2.30. The molecule has 0 bridgehead atoms. The summed E-state index contributed by atoms with van der Waals surface area (Å²) in [5.74, 6) is 0.373. The first kappa shape index (κ1) is 14.4. The summed E-state index contributed by atoms with van der Waals surface area (Å²) in [6.45, 7) is 0.797. The molecule has 0 saturated carbocycles. The Labute approximate surface area is 115 Å². The number of benzene rings is 1. The molecular formula is C11H12Cl3NO2. The van der Waals surface area contributed by atoms with E-state index in [4.69, 9.17) is 39.5 Å². The van der Waals surface area contributed by atoms with Gasteiger partial charge in [-0.15, -0.1) is 11.6 Å². The van der Waals surface area contributed by atoms with Crippen LogP contribution in [-0.4, -0.2) is 36.9 Å². The van der Waals surface area contributed by atoms with Crippen LogP contribution >= 0.6 is 34.8 Å². The van der Waals surface area contributed by atoms with Crippen LogP contribution in [0.5, 0.6) is 5.75 Å². The molecular weight excluding hydrogens is 284 g/mol. The molecule has 0 saturated heterocycles. The first-order chi connectivity index (χ1) is 8.04. The van der Waals surface area contributed by atoms with Gasteiger partial charge in [-0.3, -0.25) is 4.79 Å². The van der Waals surface area contributed by atoms with E-state index < -0.39 is 0 Å². The largest absolute Gasteiger partial charge is 0.490 e. The zero-order valence-corrected chi connectivity index (χ0v) is 11.5. The quantitative estimate of drug-likeness (QED) is 0.782. The fourth-order valence-electron chi connectivity index (χ4n) is 1.11. The van der Waals surface area contributed by atoms with E-state index >= 15 is 0 Å². The minimum atomic E-state index is -0.141. The van der Waals surface area contributed by atoms with Gasteiger partial charge in [-0.2, -0.15) is 0 Å². The SMILES string of the molecule is CN(CCOc1ccc(Cl)cc1Cl)C(=O)CCl. The van der Waals surface area contributed by atoms with Gasteiger partial charge in [0.25, 0.3) is 0 Å². The fraction of sp³-hybridized carbons (Fsp3) is 0.364. The summed E-state index contributed by atoms with van der Waals surface area (Å²) in [6, 6.07) is 4.98. The molecule has 1 aromatic rings. The molecule has 94 valence electrons. The number of amides is 1. The Bertz CT molecular complexity index is 398. The molecule has 0 fully saturated rings. The third-order valence-corrected chi connectivity index (χ3v) is 2.88. The van der Waals surface area contributed by atoms with Gasteiger partial charge in [0.15, 0.2) is 0 Å². The van der Waals surface area contributed by atoms with Crippen molar-refractivity contribution < 1.29 is 9.53 Å². The van der Waals surface area contributed by atoms with Gasteiger partial charge in [0.2, 0.25) is 5.91 Å². The van der Waals surface area contributed by atoms with Crippen molar-refractivity contribution in [3.8, 4) is 5.75 Å². The van der Waals surface area contributed by atoms with Crippen LogP contribution in [0.15, 0.2) is 18.2 Å². The summed E-state index contributed by atoms with van der Waals surface area (Å²) in [4.78, 5) is 12.7. The van der Waals surface area contributed by atoms with Crippen LogP contribution in [0.4, 0.5) is 0 Å². The molecule has 0 spiro atoms. The van der Waals surface area contributed by atoms with Crippen LogP contribution in [0.3, 0.4) is 0 Å². The molecule has 0 radical (unpaired) electrons. The van der Waals surface area contributed by atoms with E-state index in [2.05, 4.69) is 0 Å². The number of halogens is 3. The van der Waals surface area contributed by atoms with Gasteiger partial charge in [-0.1, -0.05) is 23.2 Å². The molecule has 0 atom stereocenters. The Kier molecular flexibility index (Phi) is 5.89. The van der Waals surface area contributed by atoms with Gasteiger partial charge < -0.3 is 9.64 Å². The number of nitrogens with zero attached hydrogens (tertiary/aromatic N) is 1. The number of ether oxygens (including phenoxy) is 1. The van der Waals surface area contributed by atoms with E-state index in [0.717, 1.165) is 0 Å². The second-order valence-electron chi connectivity index (χ2n) is 3.37. The van der Waals surface area contributed by atoms with Crippen LogP contribution < -0.4 is 4.74 Å². The van der Waals surface area contributed by atoms with Crippen LogP contribution in [0, 0.1) is 0 Å². The number of rotatable bonds is 5. The first-order valence-corrected chi connectivity index (χ1v) is 6.21. The average molecular weight is 297 g/mol. The highest BCUT2D eigenvalue weighted by molar-refractivity contribution is 6.35. The topological polar surface area (TPSA) is 29.5 Å². The van der Waals surface area contributed by atoms with E-state index in [1.165, 1.54) is 4.90 Å². The standard InChI is InChI=1S/C11H12Cl3NO2/c1-15(11(16)7-12)4-5-17-10-3-2-8(13)6-9(10)14/h2-3,6H,4-5,7H2,1H3. The predicted molar refractivity (Wildman–Crippen MR) is 70.3 cm³/mol. The zero-order chi connectivity index (χ0) is 12.8. The van der Waals surface area contributed by atoms with Crippen molar-refractivity contribution in [2.45, 2.75) is 0 Å². The van der Waals surface area contributed by atoms with Gasteiger partial charge >= 0.3 is 0 Å². The number of alkyl halides is 1. The Morgan fingerprint density at radius 3 is 2.71 bits per heavy atom. The maximum atomic E-state index is 11.2. The third-order valence-electron chi connectivity index (χ3n) is 2.12. The molecule has 0 unspecified atom stereocenters. The van der Waals surface area contributed by atoms with Crippen LogP contribution in [0.2, 0.25) is 10.0 Å². The predicted octanol–water partition coefficient (Wildman–Crippen LogP) is 3.07. The molecule has 0 aliphatic heterocycles. The van der Waals surface area contributed by atoms with Crippen molar-refractivity contribution in [3.05, 3.63) is 28.2 Å². The number of hydrogen-bond acceptors (Lipinski definition) is 2. The van der Waals surface area contributed by atoms with Crippen molar-refractivity contribution in [2.75, 3.05) is 26.1 Å². The smallest absolute Gasteiger partial charge is 0.237 e. The number of carbonyl (C=O) groups excluding carboxylic acids is 1. The van der Waals surface area contributed by atoms with E-state index in [-0.39, 0.29) is 11.8 Å². The molecule has 0 aliphatic carbocycles. The maximum absolute atomic E-state index is 11.2. The van der Waals surface area contributed by atoms with Gasteiger partial charge in [0.05, 0.1) is 11.6 Å². The molecule has 0 N–H and O–H groups in total. The molecule has 6 heteroatoms. The lowest BCUT2D eigenvalue weighted by molar-refractivity contribution is -0.127.